The van der Waals surface area contributed by atoms with Gasteiger partial charge in [-0.15, -0.1) is 5.10 Å². The molecule has 0 amide bonds. The lowest BCUT2D eigenvalue weighted by atomic mass is 9.97. The maximum atomic E-state index is 4.48. The molecular formula is C14H20BrN5. The van der Waals surface area contributed by atoms with Gasteiger partial charge >= 0.3 is 0 Å². The smallest absolute Gasteiger partial charge is 0.243 e. The van der Waals surface area contributed by atoms with Crippen LogP contribution in [0.15, 0.2) is 22.8 Å². The van der Waals surface area contributed by atoms with Crippen molar-refractivity contribution in [1.29, 1.82) is 0 Å². The van der Waals surface area contributed by atoms with Crippen molar-refractivity contribution in [3.8, 4) is 0 Å². The van der Waals surface area contributed by atoms with E-state index in [9.17, 15) is 0 Å². The number of halogens is 1. The maximum Gasteiger partial charge on any atom is 0.243 e. The molecule has 1 N–H and O–H groups in total. The lowest BCUT2D eigenvalue weighted by molar-refractivity contribution is 0.198. The molecule has 0 radical (unpaired) electrons. The van der Waals surface area contributed by atoms with E-state index in [0.29, 0.717) is 0 Å². The second-order valence-corrected chi connectivity index (χ2v) is 6.26. The van der Waals surface area contributed by atoms with E-state index in [2.05, 4.69) is 43.2 Å². The first-order valence-electron chi connectivity index (χ1n) is 7.23. The van der Waals surface area contributed by atoms with Crippen LogP contribution in [0.1, 0.15) is 19.8 Å². The number of hydrogen-bond donors (Lipinski definition) is 1. The molecule has 0 spiro atoms. The average molecular weight is 338 g/mol. The zero-order chi connectivity index (χ0) is 13.9. The van der Waals surface area contributed by atoms with Crippen LogP contribution in [0, 0.1) is 5.92 Å². The highest BCUT2D eigenvalue weighted by molar-refractivity contribution is 9.10. The molecule has 20 heavy (non-hydrogen) atoms. The molecule has 0 bridgehead atoms. The van der Waals surface area contributed by atoms with E-state index in [1.807, 2.05) is 18.3 Å². The molecule has 0 saturated carbocycles. The minimum Gasteiger partial charge on any atom is -0.353 e. The highest BCUT2D eigenvalue weighted by atomic mass is 79.9. The number of pyridine rings is 1. The van der Waals surface area contributed by atoms with Crippen molar-refractivity contribution in [1.82, 2.24) is 19.5 Å². The van der Waals surface area contributed by atoms with E-state index in [-0.39, 0.29) is 0 Å². The van der Waals surface area contributed by atoms with Gasteiger partial charge < -0.3 is 10.2 Å². The Labute approximate surface area is 127 Å². The first kappa shape index (κ1) is 13.8. The second kappa shape index (κ2) is 6.10. The minimum atomic E-state index is 0.723. The summed E-state index contributed by atoms with van der Waals surface area (Å²) in [6.07, 6.45) is 4.45. The summed E-state index contributed by atoms with van der Waals surface area (Å²) in [5, 5.41) is 7.82. The minimum absolute atomic E-state index is 0.723. The number of piperidine rings is 1. The van der Waals surface area contributed by atoms with Crippen molar-refractivity contribution >= 4 is 27.5 Å². The summed E-state index contributed by atoms with van der Waals surface area (Å²) in [7, 11) is 0. The summed E-state index contributed by atoms with van der Waals surface area (Å²) < 4.78 is 2.81. The van der Waals surface area contributed by atoms with E-state index in [0.717, 1.165) is 28.5 Å². The van der Waals surface area contributed by atoms with Gasteiger partial charge in [0.15, 0.2) is 5.65 Å². The second-order valence-electron chi connectivity index (χ2n) is 5.34. The number of nitrogens with one attached hydrogen (secondary N) is 1. The van der Waals surface area contributed by atoms with E-state index in [4.69, 9.17) is 0 Å². The number of aromatic nitrogens is 3. The number of fused-ring (bicyclic) bond motifs is 1. The molecule has 2 aromatic heterocycles. The Bertz CT molecular complexity index is 574. The Morgan fingerprint density at radius 3 is 2.90 bits per heavy atom. The Kier molecular flexibility index (Phi) is 4.21. The van der Waals surface area contributed by atoms with Crippen LogP contribution in [0.5, 0.6) is 0 Å². The average Bonchev–Trinajstić information content (AvgIpc) is 2.87. The largest absolute Gasteiger partial charge is 0.353 e. The highest BCUT2D eigenvalue weighted by Crippen LogP contribution is 2.18. The molecule has 0 unspecified atom stereocenters. The molecule has 3 rings (SSSR count). The number of hydrogen-bond acceptors (Lipinski definition) is 4. The number of nitrogens with zero attached hydrogens (tertiary/aromatic N) is 4. The molecule has 1 saturated heterocycles. The van der Waals surface area contributed by atoms with Crippen molar-refractivity contribution in [2.75, 3.05) is 31.5 Å². The Hall–Kier alpha value is -1.14. The topological polar surface area (TPSA) is 45.5 Å². The lowest BCUT2D eigenvalue weighted by Gasteiger charge is -2.30. The predicted molar refractivity (Wildman–Crippen MR) is 84.0 cm³/mol. The third-order valence-electron chi connectivity index (χ3n) is 4.00. The van der Waals surface area contributed by atoms with E-state index in [1.165, 1.54) is 32.5 Å². The zero-order valence-electron chi connectivity index (χ0n) is 11.7. The van der Waals surface area contributed by atoms with Gasteiger partial charge in [0.05, 0.1) is 0 Å². The first-order chi connectivity index (χ1) is 9.74. The standard InChI is InChI=1S/C14H20BrN5/c1-2-19-7-5-11(6-8-19)9-16-14-17-13-4-3-12(15)10-20(13)18-14/h3-4,10-11H,2,5-9H2,1H3,(H,16,18). The number of likely N-dealkylation sites (tertiary alicyclic amines) is 1. The highest BCUT2D eigenvalue weighted by Gasteiger charge is 2.18. The summed E-state index contributed by atoms with van der Waals surface area (Å²) in [6.45, 7) is 6.80. The maximum absolute atomic E-state index is 4.48. The fraction of sp³-hybridized carbons (Fsp3) is 0.571. The van der Waals surface area contributed by atoms with E-state index in [1.54, 1.807) is 4.52 Å². The van der Waals surface area contributed by atoms with Crippen LogP contribution in [-0.2, 0) is 0 Å². The Morgan fingerprint density at radius 2 is 2.15 bits per heavy atom. The molecule has 1 fully saturated rings. The summed E-state index contributed by atoms with van der Waals surface area (Å²) in [6, 6.07) is 3.94. The molecule has 2 aromatic rings. The molecule has 0 aliphatic carbocycles. The molecule has 3 heterocycles. The van der Waals surface area contributed by atoms with Crippen LogP contribution < -0.4 is 5.32 Å². The van der Waals surface area contributed by atoms with Crippen molar-refractivity contribution < 1.29 is 0 Å². The van der Waals surface area contributed by atoms with E-state index < -0.39 is 0 Å². The molecule has 6 heteroatoms. The number of rotatable bonds is 4. The third-order valence-corrected chi connectivity index (χ3v) is 4.47. The van der Waals surface area contributed by atoms with Crippen LogP contribution >= 0.6 is 15.9 Å². The summed E-state index contributed by atoms with van der Waals surface area (Å²) in [5.74, 6) is 1.46. The molecular weight excluding hydrogens is 318 g/mol. The summed E-state index contributed by atoms with van der Waals surface area (Å²) in [5.41, 5.74) is 0.872. The quantitative estimate of drug-likeness (QED) is 0.931. The van der Waals surface area contributed by atoms with Gasteiger partial charge in [-0.3, -0.25) is 0 Å². The zero-order valence-corrected chi connectivity index (χ0v) is 13.3. The Morgan fingerprint density at radius 1 is 1.35 bits per heavy atom. The third kappa shape index (κ3) is 3.12. The van der Waals surface area contributed by atoms with Crippen molar-refractivity contribution in [2.45, 2.75) is 19.8 Å². The Balaban J connectivity index is 1.57. The van der Waals surface area contributed by atoms with Gasteiger partial charge in [-0.05, 0) is 66.5 Å². The van der Waals surface area contributed by atoms with Gasteiger partial charge in [-0.1, -0.05) is 6.92 Å². The van der Waals surface area contributed by atoms with Gasteiger partial charge in [0.2, 0.25) is 5.95 Å². The molecule has 1 aliphatic heterocycles. The van der Waals surface area contributed by atoms with Crippen LogP contribution in [0.2, 0.25) is 0 Å². The van der Waals surface area contributed by atoms with Crippen LogP contribution in [0.4, 0.5) is 5.95 Å². The molecule has 5 nitrogen and oxygen atoms in total. The van der Waals surface area contributed by atoms with Gasteiger partial charge in [0, 0.05) is 17.2 Å². The van der Waals surface area contributed by atoms with Gasteiger partial charge in [0.1, 0.15) is 0 Å². The summed E-state index contributed by atoms with van der Waals surface area (Å²) >= 11 is 3.44. The predicted octanol–water partition coefficient (Wildman–Crippen LogP) is 2.64. The van der Waals surface area contributed by atoms with Gasteiger partial charge in [-0.2, -0.15) is 4.98 Å². The fourth-order valence-corrected chi connectivity index (χ4v) is 3.00. The SMILES string of the molecule is CCN1CCC(CNc2nc3ccc(Br)cn3n2)CC1. The summed E-state index contributed by atoms with van der Waals surface area (Å²) in [4.78, 5) is 6.99. The normalized spacial score (nSPS) is 17.7. The number of anilines is 1. The first-order valence-corrected chi connectivity index (χ1v) is 8.02. The van der Waals surface area contributed by atoms with Crippen LogP contribution in [-0.4, -0.2) is 45.7 Å². The molecule has 1 aliphatic rings. The fourth-order valence-electron chi connectivity index (χ4n) is 2.68. The lowest BCUT2D eigenvalue weighted by Crippen LogP contribution is -2.35. The van der Waals surface area contributed by atoms with Crippen LogP contribution in [0.3, 0.4) is 0 Å². The van der Waals surface area contributed by atoms with Gasteiger partial charge in [-0.25, -0.2) is 4.52 Å². The van der Waals surface area contributed by atoms with E-state index >= 15 is 0 Å². The van der Waals surface area contributed by atoms with Gasteiger partial charge in [0.25, 0.3) is 0 Å². The monoisotopic (exact) mass is 337 g/mol. The molecule has 0 atom stereocenters. The van der Waals surface area contributed by atoms with Crippen LogP contribution in [0.25, 0.3) is 5.65 Å². The van der Waals surface area contributed by atoms with Crippen molar-refractivity contribution in [3.63, 3.8) is 0 Å². The van der Waals surface area contributed by atoms with Crippen molar-refractivity contribution in [3.05, 3.63) is 22.8 Å². The molecule has 108 valence electrons. The molecule has 0 aromatic carbocycles. The van der Waals surface area contributed by atoms with Crippen molar-refractivity contribution in [2.24, 2.45) is 5.92 Å².